The lowest BCUT2D eigenvalue weighted by atomic mass is 9.78. The molecule has 1 aliphatic carbocycles. The predicted octanol–water partition coefficient (Wildman–Crippen LogP) is 5.98. The van der Waals surface area contributed by atoms with Crippen LogP contribution < -0.4 is 0 Å². The van der Waals surface area contributed by atoms with Gasteiger partial charge in [-0.1, -0.05) is 83.9 Å². The normalized spacial score (nSPS) is 13.8. The number of carbonyl (C=O) groups is 2. The van der Waals surface area contributed by atoms with Crippen LogP contribution in [0.5, 0.6) is 0 Å². The molecule has 0 radical (unpaired) electrons. The molecule has 0 aliphatic heterocycles. The van der Waals surface area contributed by atoms with Crippen LogP contribution in [0.2, 0.25) is 10.0 Å². The summed E-state index contributed by atoms with van der Waals surface area (Å²) >= 11 is 12.7. The summed E-state index contributed by atoms with van der Waals surface area (Å²) in [6.07, 6.45) is 0. The Morgan fingerprint density at radius 1 is 0.462 bits per heavy atom. The molecule has 4 rings (SSSR count). The van der Waals surface area contributed by atoms with Crippen molar-refractivity contribution in [1.82, 2.24) is 0 Å². The van der Waals surface area contributed by atoms with Crippen molar-refractivity contribution in [2.45, 2.75) is 0 Å². The van der Waals surface area contributed by atoms with Crippen molar-refractivity contribution < 1.29 is 9.59 Å². The molecule has 0 saturated heterocycles. The van der Waals surface area contributed by atoms with Gasteiger partial charge in [-0.2, -0.15) is 0 Å². The van der Waals surface area contributed by atoms with Crippen molar-refractivity contribution in [1.29, 1.82) is 0 Å². The summed E-state index contributed by atoms with van der Waals surface area (Å²) in [6, 6.07) is 20.8. The maximum Gasteiger partial charge on any atom is 0.195 e. The summed E-state index contributed by atoms with van der Waals surface area (Å²) in [5.74, 6) is -0.466. The second-order valence-electron chi connectivity index (χ2n) is 5.91. The van der Waals surface area contributed by atoms with E-state index in [9.17, 15) is 9.59 Å². The molecule has 0 bridgehead atoms. The van der Waals surface area contributed by atoms with Crippen LogP contribution in [0, 0.1) is 0 Å². The average molecular weight is 379 g/mol. The Bertz CT molecular complexity index is 1010. The number of hydrogen-bond donors (Lipinski definition) is 0. The van der Waals surface area contributed by atoms with Crippen LogP contribution in [0.4, 0.5) is 0 Å². The number of ketones is 2. The summed E-state index contributed by atoms with van der Waals surface area (Å²) in [4.78, 5) is 26.6. The van der Waals surface area contributed by atoms with Crippen molar-refractivity contribution in [2.24, 2.45) is 0 Å². The number of hydrogen-bond acceptors (Lipinski definition) is 2. The molecule has 3 aromatic rings. The highest BCUT2D eigenvalue weighted by Crippen LogP contribution is 2.41. The van der Waals surface area contributed by atoms with Gasteiger partial charge in [0.15, 0.2) is 11.6 Å². The Labute approximate surface area is 160 Å². The zero-order valence-electron chi connectivity index (χ0n) is 13.5. The van der Waals surface area contributed by atoms with Crippen LogP contribution in [0.3, 0.4) is 0 Å². The van der Waals surface area contributed by atoms with Gasteiger partial charge in [0.05, 0.1) is 0 Å². The van der Waals surface area contributed by atoms with Crippen LogP contribution in [0.25, 0.3) is 11.1 Å². The molecular formula is C22H12Cl2O2. The van der Waals surface area contributed by atoms with E-state index in [1.165, 1.54) is 0 Å². The molecule has 0 N–H and O–H groups in total. The van der Waals surface area contributed by atoms with Crippen LogP contribution in [-0.4, -0.2) is 11.6 Å². The van der Waals surface area contributed by atoms with Gasteiger partial charge in [-0.15, -0.1) is 0 Å². The van der Waals surface area contributed by atoms with E-state index in [2.05, 4.69) is 0 Å². The van der Waals surface area contributed by atoms with Gasteiger partial charge in [0.1, 0.15) is 0 Å². The Hall–Kier alpha value is -2.68. The molecule has 0 spiro atoms. The third-order valence-corrected chi connectivity index (χ3v) is 5.07. The summed E-state index contributed by atoms with van der Waals surface area (Å²) in [5.41, 5.74) is 2.38. The minimum absolute atomic E-state index is 0.233. The Morgan fingerprint density at radius 2 is 0.769 bits per heavy atom. The number of Topliss-reactive ketones (excluding diaryl/α,β-unsaturated/α-hetero) is 2. The number of carbonyl (C=O) groups excluding carboxylic acids is 2. The molecule has 0 heterocycles. The maximum atomic E-state index is 13.3. The van der Waals surface area contributed by atoms with Crippen molar-refractivity contribution in [3.63, 3.8) is 0 Å². The van der Waals surface area contributed by atoms with E-state index >= 15 is 0 Å². The lowest BCUT2D eigenvalue weighted by molar-refractivity contribution is 0.101. The smallest absolute Gasteiger partial charge is 0.195 e. The highest BCUT2D eigenvalue weighted by Gasteiger charge is 2.34. The van der Waals surface area contributed by atoms with E-state index in [-0.39, 0.29) is 22.7 Å². The van der Waals surface area contributed by atoms with E-state index in [0.29, 0.717) is 32.3 Å². The first-order valence-electron chi connectivity index (χ1n) is 8.02. The lowest BCUT2D eigenvalue weighted by Gasteiger charge is -2.22. The van der Waals surface area contributed by atoms with Gasteiger partial charge in [-0.3, -0.25) is 9.59 Å². The topological polar surface area (TPSA) is 34.1 Å². The Morgan fingerprint density at radius 3 is 1.12 bits per heavy atom. The molecule has 26 heavy (non-hydrogen) atoms. The summed E-state index contributed by atoms with van der Waals surface area (Å²) < 4.78 is 0. The van der Waals surface area contributed by atoms with Gasteiger partial charge >= 0.3 is 0 Å². The highest BCUT2D eigenvalue weighted by molar-refractivity contribution is 6.54. The molecule has 0 amide bonds. The fourth-order valence-electron chi connectivity index (χ4n) is 3.22. The van der Waals surface area contributed by atoms with Crippen molar-refractivity contribution in [2.75, 3.05) is 0 Å². The van der Waals surface area contributed by atoms with E-state index in [4.69, 9.17) is 23.2 Å². The quantitative estimate of drug-likeness (QED) is 0.549. The third kappa shape index (κ3) is 2.59. The molecule has 2 nitrogen and oxygen atoms in total. The number of benzene rings is 3. The number of fused-ring (bicyclic) bond motifs is 1. The minimum atomic E-state index is -0.233. The van der Waals surface area contributed by atoms with Crippen molar-refractivity contribution in [3.05, 3.63) is 105 Å². The number of allylic oxidation sites excluding steroid dienone is 2. The van der Waals surface area contributed by atoms with Gasteiger partial charge in [0, 0.05) is 43.4 Å². The predicted molar refractivity (Wildman–Crippen MR) is 105 cm³/mol. The van der Waals surface area contributed by atoms with Crippen LogP contribution in [0.15, 0.2) is 72.8 Å². The molecule has 3 aromatic carbocycles. The van der Waals surface area contributed by atoms with Gasteiger partial charge in [-0.05, 0) is 12.1 Å². The van der Waals surface area contributed by atoms with E-state index in [0.717, 1.165) is 0 Å². The molecule has 0 unspecified atom stereocenters. The van der Waals surface area contributed by atoms with Crippen LogP contribution in [0.1, 0.15) is 31.8 Å². The zero-order valence-corrected chi connectivity index (χ0v) is 15.0. The second kappa shape index (κ2) is 6.56. The molecule has 4 heteroatoms. The molecular weight excluding hydrogens is 367 g/mol. The maximum absolute atomic E-state index is 13.3. The van der Waals surface area contributed by atoms with Gasteiger partial charge < -0.3 is 0 Å². The highest BCUT2D eigenvalue weighted by atomic mass is 35.5. The Balaban J connectivity index is 2.11. The Kier molecular flexibility index (Phi) is 4.23. The number of halogens is 2. The second-order valence-corrected chi connectivity index (χ2v) is 6.73. The van der Waals surface area contributed by atoms with E-state index in [1.807, 2.05) is 0 Å². The first-order valence-corrected chi connectivity index (χ1v) is 8.77. The van der Waals surface area contributed by atoms with Gasteiger partial charge in [-0.25, -0.2) is 0 Å². The minimum Gasteiger partial charge on any atom is -0.289 e. The standard InChI is InChI=1S/C22H12Cl2O2/c23-17-11-5-3-9-15(17)19-20(16-10-4-6-12-18(16)24)22(26)14-8-2-1-7-13(14)21(19)25/h1-12H. The average Bonchev–Trinajstić information content (AvgIpc) is 2.66. The molecule has 126 valence electrons. The largest absolute Gasteiger partial charge is 0.289 e. The molecule has 0 fully saturated rings. The van der Waals surface area contributed by atoms with Crippen LogP contribution >= 0.6 is 23.2 Å². The van der Waals surface area contributed by atoms with Crippen molar-refractivity contribution >= 4 is 45.9 Å². The monoisotopic (exact) mass is 378 g/mol. The zero-order chi connectivity index (χ0) is 18.3. The van der Waals surface area contributed by atoms with Gasteiger partial charge in [0.25, 0.3) is 0 Å². The fourth-order valence-corrected chi connectivity index (χ4v) is 3.68. The molecule has 1 aliphatic rings. The first kappa shape index (κ1) is 16.8. The summed E-state index contributed by atoms with van der Waals surface area (Å²) in [7, 11) is 0. The first-order chi connectivity index (χ1) is 12.6. The van der Waals surface area contributed by atoms with Crippen molar-refractivity contribution in [3.8, 4) is 0 Å². The van der Waals surface area contributed by atoms with E-state index < -0.39 is 0 Å². The third-order valence-electron chi connectivity index (χ3n) is 4.41. The SMILES string of the molecule is O=C1C(c2ccccc2Cl)=C(c2ccccc2Cl)C(=O)c2ccccc21. The van der Waals surface area contributed by atoms with E-state index in [1.54, 1.807) is 72.8 Å². The summed E-state index contributed by atoms with van der Waals surface area (Å²) in [5, 5.41) is 0.820. The number of rotatable bonds is 2. The summed E-state index contributed by atoms with van der Waals surface area (Å²) in [6.45, 7) is 0. The fraction of sp³-hybridized carbons (Fsp3) is 0. The lowest BCUT2D eigenvalue weighted by Crippen LogP contribution is -2.21. The van der Waals surface area contributed by atoms with Gasteiger partial charge in [0.2, 0.25) is 0 Å². The molecule has 0 atom stereocenters. The molecule has 0 saturated carbocycles. The van der Waals surface area contributed by atoms with Crippen LogP contribution in [-0.2, 0) is 0 Å². The molecule has 0 aromatic heterocycles.